The zero-order chi connectivity index (χ0) is 17.8. The molecule has 1 saturated heterocycles. The Kier molecular flexibility index (Phi) is 5.61. The predicted molar refractivity (Wildman–Crippen MR) is 97.5 cm³/mol. The lowest BCUT2D eigenvalue weighted by atomic mass is 10.1. The minimum absolute atomic E-state index is 0.0761. The van der Waals surface area contributed by atoms with E-state index in [2.05, 4.69) is 19.2 Å². The summed E-state index contributed by atoms with van der Waals surface area (Å²) in [4.78, 5) is 26.4. The van der Waals surface area contributed by atoms with Crippen LogP contribution in [-0.4, -0.2) is 35.9 Å². The molecule has 2 fully saturated rings. The van der Waals surface area contributed by atoms with Gasteiger partial charge in [0.25, 0.3) is 0 Å². The Bertz CT molecular complexity index is 623. The first-order valence-corrected chi connectivity index (χ1v) is 9.36. The Labute approximate surface area is 149 Å². The molecule has 5 heteroatoms. The molecule has 136 valence electrons. The van der Waals surface area contributed by atoms with Crippen LogP contribution in [0.15, 0.2) is 24.3 Å². The van der Waals surface area contributed by atoms with Crippen molar-refractivity contribution in [2.24, 2.45) is 11.8 Å². The van der Waals surface area contributed by atoms with Crippen LogP contribution < -0.4 is 10.1 Å². The summed E-state index contributed by atoms with van der Waals surface area (Å²) in [5.41, 5.74) is 0.732. The van der Waals surface area contributed by atoms with E-state index in [1.165, 1.54) is 12.8 Å². The molecule has 1 unspecified atom stereocenters. The number of carbonyl (C=O) groups excluding carboxylic acids is 2. The highest BCUT2D eigenvalue weighted by Gasteiger charge is 2.34. The van der Waals surface area contributed by atoms with Crippen molar-refractivity contribution in [2.45, 2.75) is 52.1 Å². The van der Waals surface area contributed by atoms with E-state index in [9.17, 15) is 9.59 Å². The molecule has 0 aromatic heterocycles. The van der Waals surface area contributed by atoms with Gasteiger partial charge in [-0.05, 0) is 43.7 Å². The number of carbonyl (C=O) groups is 2. The fourth-order valence-electron chi connectivity index (χ4n) is 3.66. The van der Waals surface area contributed by atoms with Crippen molar-refractivity contribution < 1.29 is 14.3 Å². The van der Waals surface area contributed by atoms with E-state index in [0.29, 0.717) is 31.5 Å². The van der Waals surface area contributed by atoms with Crippen molar-refractivity contribution in [3.63, 3.8) is 0 Å². The molecule has 1 aliphatic carbocycles. The normalized spacial score (nSPS) is 21.2. The number of rotatable bonds is 6. The molecule has 1 heterocycles. The molecule has 1 atom stereocenters. The zero-order valence-electron chi connectivity index (χ0n) is 15.2. The van der Waals surface area contributed by atoms with Crippen LogP contribution in [0.4, 0.5) is 5.69 Å². The first kappa shape index (κ1) is 17.8. The zero-order valence-corrected chi connectivity index (χ0v) is 15.2. The van der Waals surface area contributed by atoms with Gasteiger partial charge in [-0.15, -0.1) is 0 Å². The number of benzene rings is 1. The van der Waals surface area contributed by atoms with Gasteiger partial charge in [-0.1, -0.05) is 19.9 Å². The van der Waals surface area contributed by atoms with Crippen molar-refractivity contribution in [3.05, 3.63) is 24.3 Å². The summed E-state index contributed by atoms with van der Waals surface area (Å²) < 4.78 is 5.99. The van der Waals surface area contributed by atoms with Crippen LogP contribution in [0.25, 0.3) is 0 Å². The van der Waals surface area contributed by atoms with Crippen LogP contribution in [0.1, 0.15) is 46.0 Å². The van der Waals surface area contributed by atoms with Crippen LogP contribution in [0.2, 0.25) is 0 Å². The maximum absolute atomic E-state index is 12.5. The number of hydrogen-bond acceptors (Lipinski definition) is 3. The number of amides is 2. The van der Waals surface area contributed by atoms with Gasteiger partial charge in [0.1, 0.15) is 5.75 Å². The second-order valence-electron chi connectivity index (χ2n) is 7.64. The minimum Gasteiger partial charge on any atom is -0.490 e. The van der Waals surface area contributed by atoms with Gasteiger partial charge in [-0.25, -0.2) is 0 Å². The number of hydrogen-bond donors (Lipinski definition) is 1. The molecule has 2 amide bonds. The van der Waals surface area contributed by atoms with E-state index in [-0.39, 0.29) is 17.7 Å². The molecule has 0 bridgehead atoms. The fraction of sp³-hybridized carbons (Fsp3) is 0.600. The maximum Gasteiger partial charge on any atom is 0.229 e. The van der Waals surface area contributed by atoms with Crippen LogP contribution >= 0.6 is 0 Å². The standard InChI is InChI=1S/C20H28N2O3/c1-14(2)12-22-13-15(10-19(22)23)20(24)21-16-6-5-9-18(11-16)25-17-7-3-4-8-17/h5-6,9,11,14-15,17H,3-4,7-8,10,12-13H2,1-2H3,(H,21,24). The molecular formula is C20H28N2O3. The third-order valence-corrected chi connectivity index (χ3v) is 4.88. The Morgan fingerprint density at radius 1 is 1.32 bits per heavy atom. The van der Waals surface area contributed by atoms with Gasteiger partial charge in [0.2, 0.25) is 11.8 Å². The van der Waals surface area contributed by atoms with Crippen LogP contribution in [0.5, 0.6) is 5.75 Å². The average Bonchev–Trinajstić information content (AvgIpc) is 3.18. The van der Waals surface area contributed by atoms with Gasteiger partial charge in [-0.2, -0.15) is 0 Å². The summed E-state index contributed by atoms with van der Waals surface area (Å²) in [7, 11) is 0. The van der Waals surface area contributed by atoms with Gasteiger partial charge < -0.3 is 15.0 Å². The highest BCUT2D eigenvalue weighted by molar-refractivity contribution is 5.97. The number of likely N-dealkylation sites (tertiary alicyclic amines) is 1. The molecule has 1 aromatic rings. The first-order chi connectivity index (χ1) is 12.0. The highest BCUT2D eigenvalue weighted by atomic mass is 16.5. The Morgan fingerprint density at radius 2 is 2.08 bits per heavy atom. The smallest absolute Gasteiger partial charge is 0.229 e. The molecule has 5 nitrogen and oxygen atoms in total. The second-order valence-corrected chi connectivity index (χ2v) is 7.64. The second kappa shape index (κ2) is 7.89. The molecule has 25 heavy (non-hydrogen) atoms. The first-order valence-electron chi connectivity index (χ1n) is 9.36. The van der Waals surface area contributed by atoms with Crippen LogP contribution in [0.3, 0.4) is 0 Å². The SMILES string of the molecule is CC(C)CN1CC(C(=O)Nc2cccc(OC3CCCC3)c2)CC1=O. The van der Waals surface area contributed by atoms with E-state index < -0.39 is 0 Å². The summed E-state index contributed by atoms with van der Waals surface area (Å²) in [5.74, 6) is 0.930. The summed E-state index contributed by atoms with van der Waals surface area (Å²) in [5, 5.41) is 2.95. The molecule has 1 aromatic carbocycles. The monoisotopic (exact) mass is 344 g/mol. The molecule has 1 aliphatic heterocycles. The van der Waals surface area contributed by atoms with Crippen molar-refractivity contribution in [1.82, 2.24) is 4.90 Å². The summed E-state index contributed by atoms with van der Waals surface area (Å²) >= 11 is 0. The topological polar surface area (TPSA) is 58.6 Å². The van der Waals surface area contributed by atoms with Crippen LogP contribution in [-0.2, 0) is 9.59 Å². The number of anilines is 1. The molecule has 2 aliphatic rings. The minimum atomic E-state index is -0.273. The third kappa shape index (κ3) is 4.74. The summed E-state index contributed by atoms with van der Waals surface area (Å²) in [6.07, 6.45) is 5.26. The fourth-order valence-corrected chi connectivity index (χ4v) is 3.66. The molecule has 1 saturated carbocycles. The maximum atomic E-state index is 12.5. The Hall–Kier alpha value is -2.04. The molecule has 1 N–H and O–H groups in total. The van der Waals surface area contributed by atoms with Crippen molar-refractivity contribution in [1.29, 1.82) is 0 Å². The number of ether oxygens (including phenoxy) is 1. The number of nitrogens with zero attached hydrogens (tertiary/aromatic N) is 1. The van der Waals surface area contributed by atoms with Crippen molar-refractivity contribution in [3.8, 4) is 5.75 Å². The van der Waals surface area contributed by atoms with Crippen LogP contribution in [0, 0.1) is 11.8 Å². The number of nitrogens with one attached hydrogen (secondary N) is 1. The Morgan fingerprint density at radius 3 is 2.80 bits per heavy atom. The quantitative estimate of drug-likeness (QED) is 0.860. The lowest BCUT2D eigenvalue weighted by Gasteiger charge is -2.19. The van der Waals surface area contributed by atoms with E-state index in [0.717, 1.165) is 24.3 Å². The lowest BCUT2D eigenvalue weighted by molar-refractivity contribution is -0.128. The van der Waals surface area contributed by atoms with Gasteiger partial charge in [0.05, 0.1) is 12.0 Å². The van der Waals surface area contributed by atoms with E-state index in [1.54, 1.807) is 4.90 Å². The third-order valence-electron chi connectivity index (χ3n) is 4.88. The van der Waals surface area contributed by atoms with Crippen molar-refractivity contribution in [2.75, 3.05) is 18.4 Å². The average molecular weight is 344 g/mol. The van der Waals surface area contributed by atoms with E-state index in [1.807, 2.05) is 24.3 Å². The molecular weight excluding hydrogens is 316 g/mol. The van der Waals surface area contributed by atoms with E-state index >= 15 is 0 Å². The van der Waals surface area contributed by atoms with Gasteiger partial charge >= 0.3 is 0 Å². The molecule has 0 radical (unpaired) electrons. The van der Waals surface area contributed by atoms with Gasteiger partial charge in [-0.3, -0.25) is 9.59 Å². The predicted octanol–water partition coefficient (Wildman–Crippen LogP) is 3.45. The highest BCUT2D eigenvalue weighted by Crippen LogP contribution is 2.26. The summed E-state index contributed by atoms with van der Waals surface area (Å²) in [6, 6.07) is 7.56. The molecule has 0 spiro atoms. The van der Waals surface area contributed by atoms with Gasteiger partial charge in [0, 0.05) is 31.3 Å². The van der Waals surface area contributed by atoms with E-state index in [4.69, 9.17) is 4.74 Å². The molecule has 3 rings (SSSR count). The van der Waals surface area contributed by atoms with Gasteiger partial charge in [0.15, 0.2) is 0 Å². The van der Waals surface area contributed by atoms with Crippen molar-refractivity contribution >= 4 is 17.5 Å². The largest absolute Gasteiger partial charge is 0.490 e. The lowest BCUT2D eigenvalue weighted by Crippen LogP contribution is -2.31. The Balaban J connectivity index is 1.56. The summed E-state index contributed by atoms with van der Waals surface area (Å²) in [6.45, 7) is 5.39.